The van der Waals surface area contributed by atoms with E-state index in [0.29, 0.717) is 13.0 Å². The van der Waals surface area contributed by atoms with E-state index < -0.39 is 0 Å². The predicted octanol–water partition coefficient (Wildman–Crippen LogP) is 2.37. The Balaban J connectivity index is 1.63. The molecular formula is C16H18N4O. The van der Waals surface area contributed by atoms with Gasteiger partial charge in [-0.25, -0.2) is 0 Å². The summed E-state index contributed by atoms with van der Waals surface area (Å²) in [6, 6.07) is 8.03. The predicted molar refractivity (Wildman–Crippen MR) is 81.9 cm³/mol. The van der Waals surface area contributed by atoms with Crippen LogP contribution in [0, 0.1) is 13.8 Å². The lowest BCUT2D eigenvalue weighted by atomic mass is 10.1. The van der Waals surface area contributed by atoms with E-state index in [1.165, 1.54) is 0 Å². The summed E-state index contributed by atoms with van der Waals surface area (Å²) in [5.74, 6) is 0.0184. The maximum atomic E-state index is 12.1. The van der Waals surface area contributed by atoms with Crippen molar-refractivity contribution in [1.82, 2.24) is 20.5 Å². The fourth-order valence-corrected chi connectivity index (χ4v) is 2.48. The normalized spacial score (nSPS) is 11.0. The van der Waals surface area contributed by atoms with Crippen molar-refractivity contribution in [1.29, 1.82) is 0 Å². The Morgan fingerprint density at radius 2 is 2.14 bits per heavy atom. The second-order valence-corrected chi connectivity index (χ2v) is 5.27. The van der Waals surface area contributed by atoms with E-state index in [4.69, 9.17) is 0 Å². The molecule has 1 amide bonds. The van der Waals surface area contributed by atoms with Gasteiger partial charge in [0.25, 0.3) is 0 Å². The number of hydrogen-bond donors (Lipinski definition) is 3. The summed E-state index contributed by atoms with van der Waals surface area (Å²) in [5, 5.41) is 11.1. The Morgan fingerprint density at radius 3 is 2.90 bits per heavy atom. The van der Waals surface area contributed by atoms with Gasteiger partial charge in [0.2, 0.25) is 5.91 Å². The molecule has 3 N–H and O–H groups in total. The largest absolute Gasteiger partial charge is 0.361 e. The summed E-state index contributed by atoms with van der Waals surface area (Å²) in [7, 11) is 0. The van der Waals surface area contributed by atoms with Crippen LogP contribution in [0.1, 0.15) is 22.5 Å². The van der Waals surface area contributed by atoms with Crippen LogP contribution in [0.4, 0.5) is 0 Å². The molecule has 21 heavy (non-hydrogen) atoms. The van der Waals surface area contributed by atoms with Crippen LogP contribution in [0.3, 0.4) is 0 Å². The van der Waals surface area contributed by atoms with Crippen LogP contribution in [0.2, 0.25) is 0 Å². The van der Waals surface area contributed by atoms with Crippen LogP contribution >= 0.6 is 0 Å². The first kappa shape index (κ1) is 13.4. The molecule has 0 spiro atoms. The Morgan fingerprint density at radius 1 is 1.29 bits per heavy atom. The minimum Gasteiger partial charge on any atom is -0.361 e. The Bertz CT molecular complexity index is 765. The van der Waals surface area contributed by atoms with E-state index in [9.17, 15) is 4.79 Å². The lowest BCUT2D eigenvalue weighted by Crippen LogP contribution is -2.25. The second kappa shape index (κ2) is 5.44. The molecule has 5 nitrogen and oxygen atoms in total. The first-order valence-electron chi connectivity index (χ1n) is 6.96. The lowest BCUT2D eigenvalue weighted by Gasteiger charge is -2.06. The summed E-state index contributed by atoms with van der Waals surface area (Å²) in [4.78, 5) is 15.2. The summed E-state index contributed by atoms with van der Waals surface area (Å²) < 4.78 is 0. The number of aromatic nitrogens is 3. The smallest absolute Gasteiger partial charge is 0.224 e. The number of aryl methyl sites for hydroxylation is 2. The van der Waals surface area contributed by atoms with Gasteiger partial charge in [-0.05, 0) is 43.0 Å². The zero-order valence-corrected chi connectivity index (χ0v) is 12.2. The highest BCUT2D eigenvalue weighted by Crippen LogP contribution is 2.15. The van der Waals surface area contributed by atoms with Crippen LogP contribution in [-0.2, 0) is 17.8 Å². The molecule has 0 radical (unpaired) electrons. The molecule has 0 aliphatic heterocycles. The molecule has 0 fully saturated rings. The first-order chi connectivity index (χ1) is 10.1. The number of amides is 1. The van der Waals surface area contributed by atoms with E-state index >= 15 is 0 Å². The van der Waals surface area contributed by atoms with Gasteiger partial charge in [-0.3, -0.25) is 9.89 Å². The maximum absolute atomic E-state index is 12.1. The Hall–Kier alpha value is -2.56. The fraction of sp³-hybridized carbons (Fsp3) is 0.250. The van der Waals surface area contributed by atoms with Crippen molar-refractivity contribution in [2.45, 2.75) is 26.8 Å². The number of fused-ring (bicyclic) bond motifs is 1. The maximum Gasteiger partial charge on any atom is 0.224 e. The zero-order chi connectivity index (χ0) is 14.8. The van der Waals surface area contributed by atoms with Gasteiger partial charge in [0.15, 0.2) is 0 Å². The van der Waals surface area contributed by atoms with Crippen LogP contribution in [-0.4, -0.2) is 21.1 Å². The van der Waals surface area contributed by atoms with Gasteiger partial charge in [0.05, 0.1) is 12.1 Å². The van der Waals surface area contributed by atoms with Gasteiger partial charge in [-0.2, -0.15) is 5.10 Å². The number of H-pyrrole nitrogens is 2. The quantitative estimate of drug-likeness (QED) is 0.687. The number of carbonyl (C=O) groups is 1. The van der Waals surface area contributed by atoms with Gasteiger partial charge in [0, 0.05) is 29.5 Å². The molecule has 1 aromatic carbocycles. The highest BCUT2D eigenvalue weighted by atomic mass is 16.1. The molecule has 3 rings (SSSR count). The number of nitrogens with one attached hydrogen (secondary N) is 3. The molecule has 0 aliphatic carbocycles. The highest BCUT2D eigenvalue weighted by Gasteiger charge is 2.09. The molecule has 3 aromatic rings. The minimum absolute atomic E-state index is 0.0184. The van der Waals surface area contributed by atoms with E-state index in [-0.39, 0.29) is 5.91 Å². The molecule has 2 heterocycles. The molecule has 0 aliphatic rings. The SMILES string of the molecule is Cc1n[nH]c(C)c1CNC(=O)Cc1ccc2[nH]ccc2c1. The average molecular weight is 282 g/mol. The van der Waals surface area contributed by atoms with Crippen molar-refractivity contribution in [3.63, 3.8) is 0 Å². The van der Waals surface area contributed by atoms with E-state index in [2.05, 4.69) is 20.5 Å². The van der Waals surface area contributed by atoms with E-state index in [1.54, 1.807) is 0 Å². The third-order valence-corrected chi connectivity index (χ3v) is 3.73. The number of aromatic amines is 2. The number of benzene rings is 1. The summed E-state index contributed by atoms with van der Waals surface area (Å²) >= 11 is 0. The van der Waals surface area contributed by atoms with Crippen molar-refractivity contribution < 1.29 is 4.79 Å². The number of nitrogens with zero attached hydrogens (tertiary/aromatic N) is 1. The van der Waals surface area contributed by atoms with Crippen molar-refractivity contribution in [3.8, 4) is 0 Å². The second-order valence-electron chi connectivity index (χ2n) is 5.27. The summed E-state index contributed by atoms with van der Waals surface area (Å²) in [6.45, 7) is 4.41. The zero-order valence-electron chi connectivity index (χ0n) is 12.2. The fourth-order valence-electron chi connectivity index (χ4n) is 2.48. The van der Waals surface area contributed by atoms with Gasteiger partial charge >= 0.3 is 0 Å². The highest BCUT2D eigenvalue weighted by molar-refractivity contribution is 5.83. The number of rotatable bonds is 4. The van der Waals surface area contributed by atoms with Gasteiger partial charge in [-0.15, -0.1) is 0 Å². The van der Waals surface area contributed by atoms with Crippen LogP contribution in [0.15, 0.2) is 30.5 Å². The van der Waals surface area contributed by atoms with Crippen molar-refractivity contribution >= 4 is 16.8 Å². The molecule has 0 unspecified atom stereocenters. The van der Waals surface area contributed by atoms with Crippen LogP contribution in [0.25, 0.3) is 10.9 Å². The molecule has 0 saturated heterocycles. The van der Waals surface area contributed by atoms with Gasteiger partial charge in [0.1, 0.15) is 0 Å². The standard InChI is InChI=1S/C16H18N4O/c1-10-14(11(2)20-19-10)9-18-16(21)8-12-3-4-15-13(7-12)5-6-17-15/h3-7,17H,8-9H2,1-2H3,(H,18,21)(H,19,20). The average Bonchev–Trinajstić information content (AvgIpc) is 3.04. The minimum atomic E-state index is 0.0184. The van der Waals surface area contributed by atoms with E-state index in [1.807, 2.05) is 44.3 Å². The Labute approximate surface area is 122 Å². The van der Waals surface area contributed by atoms with Crippen molar-refractivity contribution in [2.24, 2.45) is 0 Å². The topological polar surface area (TPSA) is 73.6 Å². The number of hydrogen-bond acceptors (Lipinski definition) is 2. The molecular weight excluding hydrogens is 264 g/mol. The van der Waals surface area contributed by atoms with Crippen molar-refractivity contribution in [3.05, 3.63) is 53.0 Å². The van der Waals surface area contributed by atoms with Crippen LogP contribution in [0.5, 0.6) is 0 Å². The summed E-state index contributed by atoms with van der Waals surface area (Å²) in [5.41, 5.74) is 5.09. The molecule has 2 aromatic heterocycles. The van der Waals surface area contributed by atoms with Gasteiger partial charge < -0.3 is 10.3 Å². The molecule has 5 heteroatoms. The lowest BCUT2D eigenvalue weighted by molar-refractivity contribution is -0.120. The molecule has 0 atom stereocenters. The molecule has 0 bridgehead atoms. The van der Waals surface area contributed by atoms with Crippen molar-refractivity contribution in [2.75, 3.05) is 0 Å². The molecule has 108 valence electrons. The number of carbonyl (C=O) groups excluding carboxylic acids is 1. The third kappa shape index (κ3) is 2.81. The molecule has 0 saturated carbocycles. The summed E-state index contributed by atoms with van der Waals surface area (Å²) in [6.07, 6.45) is 2.29. The van der Waals surface area contributed by atoms with Gasteiger partial charge in [-0.1, -0.05) is 6.07 Å². The first-order valence-corrected chi connectivity index (χ1v) is 6.96. The third-order valence-electron chi connectivity index (χ3n) is 3.73. The van der Waals surface area contributed by atoms with Crippen LogP contribution < -0.4 is 5.32 Å². The monoisotopic (exact) mass is 282 g/mol. The Kier molecular flexibility index (Phi) is 3.48. The van der Waals surface area contributed by atoms with E-state index in [0.717, 1.165) is 33.4 Å².